The van der Waals surface area contributed by atoms with E-state index in [0.717, 1.165) is 5.56 Å². The quantitative estimate of drug-likeness (QED) is 0.778. The van der Waals surface area contributed by atoms with Gasteiger partial charge in [-0.25, -0.2) is 0 Å². The number of hydrogen-bond acceptors (Lipinski definition) is 3. The van der Waals surface area contributed by atoms with Crippen LogP contribution in [0.15, 0.2) is 42.5 Å². The van der Waals surface area contributed by atoms with E-state index in [2.05, 4.69) is 33.0 Å². The highest BCUT2D eigenvalue weighted by atomic mass is 35.5. The Bertz CT molecular complexity index is 926. The van der Waals surface area contributed by atoms with Crippen LogP contribution in [0.4, 0.5) is 0 Å². The normalized spacial score (nSPS) is 21.9. The van der Waals surface area contributed by atoms with Crippen molar-refractivity contribution in [1.29, 1.82) is 5.26 Å². The molecule has 1 amide bonds. The first kappa shape index (κ1) is 20.2. The van der Waals surface area contributed by atoms with E-state index in [1.165, 1.54) is 0 Å². The number of amides is 1. The average molecular weight is 397 g/mol. The minimum absolute atomic E-state index is 0.0485. The smallest absolute Gasteiger partial charge is 0.251 e. The van der Waals surface area contributed by atoms with Gasteiger partial charge in [0.15, 0.2) is 0 Å². The lowest BCUT2D eigenvalue weighted by Crippen LogP contribution is -2.74. The molecule has 0 spiro atoms. The fourth-order valence-electron chi connectivity index (χ4n) is 4.52. The second kappa shape index (κ2) is 7.14. The summed E-state index contributed by atoms with van der Waals surface area (Å²) in [5.41, 5.74) is 1.65. The zero-order chi connectivity index (χ0) is 20.7. The second-order valence-electron chi connectivity index (χ2n) is 8.67. The Kier molecular flexibility index (Phi) is 5.16. The number of aryl methyl sites for hydroxylation is 1. The van der Waals surface area contributed by atoms with Gasteiger partial charge in [-0.15, -0.1) is 0 Å². The molecule has 4 nitrogen and oxygen atoms in total. The molecule has 0 atom stereocenters. The van der Waals surface area contributed by atoms with Crippen molar-refractivity contribution < 1.29 is 9.53 Å². The molecular weight excluding hydrogens is 372 g/mol. The zero-order valence-electron chi connectivity index (χ0n) is 16.8. The third-order valence-corrected chi connectivity index (χ3v) is 6.06. The minimum atomic E-state index is -0.274. The van der Waals surface area contributed by atoms with E-state index in [0.29, 0.717) is 21.9 Å². The van der Waals surface area contributed by atoms with E-state index < -0.39 is 0 Å². The molecule has 0 heterocycles. The molecule has 0 aromatic heterocycles. The number of nitriles is 1. The van der Waals surface area contributed by atoms with Crippen molar-refractivity contribution in [1.82, 2.24) is 5.32 Å². The van der Waals surface area contributed by atoms with E-state index in [1.54, 1.807) is 18.2 Å². The molecule has 0 saturated heterocycles. The topological polar surface area (TPSA) is 62.1 Å². The third kappa shape index (κ3) is 3.47. The highest BCUT2D eigenvalue weighted by molar-refractivity contribution is 6.31. The van der Waals surface area contributed by atoms with Crippen molar-refractivity contribution in [3.63, 3.8) is 0 Å². The van der Waals surface area contributed by atoms with Gasteiger partial charge in [-0.2, -0.15) is 5.26 Å². The number of nitrogens with one attached hydrogen (secondary N) is 1. The van der Waals surface area contributed by atoms with Gasteiger partial charge in [-0.05, 0) is 31.2 Å². The molecule has 146 valence electrons. The van der Waals surface area contributed by atoms with Gasteiger partial charge in [0.1, 0.15) is 17.9 Å². The Labute approximate surface area is 171 Å². The van der Waals surface area contributed by atoms with Crippen molar-refractivity contribution >= 4 is 17.5 Å². The van der Waals surface area contributed by atoms with Crippen LogP contribution in [0.2, 0.25) is 5.02 Å². The zero-order valence-corrected chi connectivity index (χ0v) is 17.6. The largest absolute Gasteiger partial charge is 0.489 e. The number of nitrogens with zero attached hydrogens (tertiary/aromatic N) is 1. The molecule has 2 aromatic carbocycles. The lowest BCUT2D eigenvalue weighted by Gasteiger charge is -2.63. The Morgan fingerprint density at radius 2 is 1.71 bits per heavy atom. The van der Waals surface area contributed by atoms with E-state index in [9.17, 15) is 4.79 Å². The Morgan fingerprint density at radius 3 is 2.25 bits per heavy atom. The van der Waals surface area contributed by atoms with E-state index >= 15 is 0 Å². The number of hydrogen-bond donors (Lipinski definition) is 1. The van der Waals surface area contributed by atoms with Gasteiger partial charge >= 0.3 is 0 Å². The summed E-state index contributed by atoms with van der Waals surface area (Å²) in [6.07, 6.45) is -0.118. The van der Waals surface area contributed by atoms with Crippen LogP contribution in [0.5, 0.6) is 5.75 Å². The van der Waals surface area contributed by atoms with E-state index in [4.69, 9.17) is 21.6 Å². The van der Waals surface area contributed by atoms with Crippen LogP contribution in [0, 0.1) is 29.1 Å². The summed E-state index contributed by atoms with van der Waals surface area (Å²) in [6, 6.07) is 14.7. The molecule has 0 unspecified atom stereocenters. The Morgan fingerprint density at radius 1 is 1.11 bits per heavy atom. The highest BCUT2D eigenvalue weighted by Crippen LogP contribution is 2.55. The van der Waals surface area contributed by atoms with Crippen molar-refractivity contribution in [2.45, 2.75) is 46.8 Å². The molecular formula is C23H25ClN2O2. The van der Waals surface area contributed by atoms with Gasteiger partial charge < -0.3 is 10.1 Å². The van der Waals surface area contributed by atoms with Crippen LogP contribution in [0.3, 0.4) is 0 Å². The molecule has 1 fully saturated rings. The SMILES string of the molecule is Cc1ccc(C(=O)N[C@H]2C(C)(C)[C@H](Oc3ccc(C#N)c(Cl)c3)C2(C)C)cc1. The number of halogens is 1. The van der Waals surface area contributed by atoms with Crippen LogP contribution < -0.4 is 10.1 Å². The van der Waals surface area contributed by atoms with Gasteiger partial charge in [0.25, 0.3) is 5.91 Å². The first-order valence-corrected chi connectivity index (χ1v) is 9.69. The second-order valence-corrected chi connectivity index (χ2v) is 9.07. The maximum atomic E-state index is 12.7. The number of carbonyl (C=O) groups excluding carboxylic acids is 1. The van der Waals surface area contributed by atoms with Crippen LogP contribution in [0.25, 0.3) is 0 Å². The average Bonchev–Trinajstić information content (AvgIpc) is 2.64. The summed E-state index contributed by atoms with van der Waals surface area (Å²) in [4.78, 5) is 12.7. The van der Waals surface area contributed by atoms with E-state index in [1.807, 2.05) is 37.3 Å². The fraction of sp³-hybridized carbons (Fsp3) is 0.391. The summed E-state index contributed by atoms with van der Waals surface area (Å²) in [5, 5.41) is 12.6. The minimum Gasteiger partial charge on any atom is -0.489 e. The molecule has 0 radical (unpaired) electrons. The third-order valence-electron chi connectivity index (χ3n) is 5.74. The standard InChI is InChI=1S/C23H25ClN2O2/c1-14-6-8-15(9-7-14)19(27)26-20-22(2,3)21(23(20,4)5)28-17-11-10-16(13-25)18(24)12-17/h6-12,20-21H,1-5H3,(H,26,27)/t20-,21-. The molecule has 28 heavy (non-hydrogen) atoms. The predicted octanol–water partition coefficient (Wildman–Crippen LogP) is 5.13. The highest BCUT2D eigenvalue weighted by Gasteiger charge is 2.64. The summed E-state index contributed by atoms with van der Waals surface area (Å²) >= 11 is 6.13. The van der Waals surface area contributed by atoms with Crippen molar-refractivity contribution in [3.8, 4) is 11.8 Å². The molecule has 1 N–H and O–H groups in total. The molecule has 1 aliphatic carbocycles. The van der Waals surface area contributed by atoms with Crippen LogP contribution in [-0.2, 0) is 0 Å². The lowest BCUT2D eigenvalue weighted by molar-refractivity contribution is -0.164. The van der Waals surface area contributed by atoms with Gasteiger partial charge in [0, 0.05) is 28.5 Å². The monoisotopic (exact) mass is 396 g/mol. The number of rotatable bonds is 4. The fourth-order valence-corrected chi connectivity index (χ4v) is 4.73. The van der Waals surface area contributed by atoms with Gasteiger partial charge in [-0.1, -0.05) is 57.0 Å². The maximum absolute atomic E-state index is 12.7. The summed E-state index contributed by atoms with van der Waals surface area (Å²) in [7, 11) is 0. The lowest BCUT2D eigenvalue weighted by atomic mass is 9.49. The first-order valence-electron chi connectivity index (χ1n) is 9.31. The first-order chi connectivity index (χ1) is 13.1. The van der Waals surface area contributed by atoms with Crippen molar-refractivity contribution in [2.24, 2.45) is 10.8 Å². The van der Waals surface area contributed by atoms with Crippen LogP contribution in [0.1, 0.15) is 49.2 Å². The van der Waals surface area contributed by atoms with Gasteiger partial charge in [0.05, 0.1) is 10.6 Å². The van der Waals surface area contributed by atoms with Crippen molar-refractivity contribution in [3.05, 3.63) is 64.2 Å². The van der Waals surface area contributed by atoms with E-state index in [-0.39, 0.29) is 28.9 Å². The number of ether oxygens (including phenoxy) is 1. The molecule has 5 heteroatoms. The number of benzene rings is 2. The molecule has 3 rings (SSSR count). The van der Waals surface area contributed by atoms with Gasteiger partial charge in [-0.3, -0.25) is 4.79 Å². The number of carbonyl (C=O) groups is 1. The van der Waals surface area contributed by atoms with Crippen molar-refractivity contribution in [2.75, 3.05) is 0 Å². The molecule has 1 saturated carbocycles. The summed E-state index contributed by atoms with van der Waals surface area (Å²) < 4.78 is 6.25. The van der Waals surface area contributed by atoms with Gasteiger partial charge in [0.2, 0.25) is 0 Å². The van der Waals surface area contributed by atoms with Crippen LogP contribution in [-0.4, -0.2) is 18.1 Å². The summed E-state index contributed by atoms with van der Waals surface area (Å²) in [5.74, 6) is 0.546. The molecule has 2 aromatic rings. The molecule has 1 aliphatic rings. The summed E-state index contributed by atoms with van der Waals surface area (Å²) in [6.45, 7) is 10.4. The predicted molar refractivity (Wildman–Crippen MR) is 111 cm³/mol. The Balaban J connectivity index is 1.76. The molecule has 0 bridgehead atoms. The maximum Gasteiger partial charge on any atom is 0.251 e. The molecule has 0 aliphatic heterocycles. The Hall–Kier alpha value is -2.51. The van der Waals surface area contributed by atoms with Crippen LogP contribution >= 0.6 is 11.6 Å².